The molecule has 230 valence electrons. The van der Waals surface area contributed by atoms with Gasteiger partial charge in [-0.3, -0.25) is 0 Å². The zero-order valence-electron chi connectivity index (χ0n) is 26.8. The molecule has 0 atom stereocenters. The lowest BCUT2D eigenvalue weighted by Gasteiger charge is -2.05. The minimum absolute atomic E-state index is 1.19. The van der Waals surface area contributed by atoms with Crippen LogP contribution in [0, 0.1) is 0 Å². The fourth-order valence-corrected chi connectivity index (χ4v) is 6.40. The van der Waals surface area contributed by atoms with E-state index in [0.29, 0.717) is 0 Å². The minimum atomic E-state index is 1.19. The van der Waals surface area contributed by atoms with E-state index in [1.54, 1.807) is 0 Å². The average Bonchev–Trinajstić information content (AvgIpc) is 2.93. The van der Waals surface area contributed by atoms with E-state index >= 15 is 0 Å². The average molecular weight is 600 g/mol. The first-order valence-electron chi connectivity index (χ1n) is 18.5. The number of halogens is 1. The van der Waals surface area contributed by atoms with Crippen molar-refractivity contribution in [3.63, 3.8) is 0 Å². The molecule has 38 heavy (non-hydrogen) atoms. The summed E-state index contributed by atoms with van der Waals surface area (Å²) in [4.78, 5) is 0. The zero-order chi connectivity index (χ0) is 27.5. The Bertz CT molecular complexity index is 343. The van der Waals surface area contributed by atoms with Gasteiger partial charge < -0.3 is 0 Å². The van der Waals surface area contributed by atoms with Gasteiger partial charge in [0.1, 0.15) is 0 Å². The van der Waals surface area contributed by atoms with Crippen LogP contribution in [0.5, 0.6) is 0 Å². The first kappa shape index (κ1) is 38.5. The van der Waals surface area contributed by atoms with Crippen LogP contribution in [0.3, 0.4) is 0 Å². The van der Waals surface area contributed by atoms with E-state index < -0.39 is 0 Å². The Balaban J connectivity index is 3.01. The number of alkyl halides is 1. The maximum Gasteiger partial charge on any atom is 0.00313 e. The maximum atomic E-state index is 3.52. The van der Waals surface area contributed by atoms with E-state index in [9.17, 15) is 0 Å². The van der Waals surface area contributed by atoms with Gasteiger partial charge in [0.15, 0.2) is 0 Å². The van der Waals surface area contributed by atoms with Crippen molar-refractivity contribution in [3.8, 4) is 0 Å². The fourth-order valence-electron chi connectivity index (χ4n) is 6.00. The molecule has 0 spiro atoms. The summed E-state index contributed by atoms with van der Waals surface area (Å²) in [5.74, 6) is 0. The molecule has 0 heterocycles. The summed E-state index contributed by atoms with van der Waals surface area (Å²) in [6.45, 7) is 2.31. The van der Waals surface area contributed by atoms with Gasteiger partial charge in [0, 0.05) is 5.33 Å². The van der Waals surface area contributed by atoms with Gasteiger partial charge in [-0.25, -0.2) is 0 Å². The van der Waals surface area contributed by atoms with Crippen molar-refractivity contribution in [2.24, 2.45) is 0 Å². The monoisotopic (exact) mass is 599 g/mol. The molecule has 0 saturated carbocycles. The van der Waals surface area contributed by atoms with Crippen molar-refractivity contribution in [2.45, 2.75) is 232 Å². The molecule has 0 amide bonds. The molecule has 0 aliphatic rings. The summed E-state index contributed by atoms with van der Waals surface area (Å²) in [7, 11) is 0. The van der Waals surface area contributed by atoms with Crippen molar-refractivity contribution < 1.29 is 0 Å². The molecule has 0 aromatic heterocycles. The first-order chi connectivity index (χ1) is 18.9. The van der Waals surface area contributed by atoms with Crippen LogP contribution in [0.25, 0.3) is 0 Å². The van der Waals surface area contributed by atoms with Crippen LogP contribution in [-0.4, -0.2) is 5.33 Å². The normalized spacial score (nSPS) is 11.5. The number of rotatable bonds is 35. The summed E-state index contributed by atoms with van der Waals surface area (Å²) in [5.41, 5.74) is 0. The Morgan fingerprint density at radius 1 is 0.211 bits per heavy atom. The van der Waals surface area contributed by atoms with Crippen molar-refractivity contribution in [2.75, 3.05) is 5.33 Å². The Hall–Kier alpha value is 0.480. The molecule has 0 aromatic carbocycles. The SMILES string of the molecule is CCCCCCCCCCCCCCCCCCCCCCCCCCCCCCCCCCCCCBr. The summed E-state index contributed by atoms with van der Waals surface area (Å²) >= 11 is 3.52. The molecule has 0 unspecified atom stereocenters. The molecular formula is C37H75Br. The van der Waals surface area contributed by atoms with Gasteiger partial charge in [-0.15, -0.1) is 0 Å². The van der Waals surface area contributed by atoms with Gasteiger partial charge in [0.25, 0.3) is 0 Å². The molecule has 0 rings (SSSR count). The fraction of sp³-hybridized carbons (Fsp3) is 1.00. The standard InChI is InChI=1S/C37H75Br/c1-2-3-4-5-6-7-8-9-10-11-12-13-14-15-16-17-18-19-20-21-22-23-24-25-26-27-28-29-30-31-32-33-34-35-36-37-38/h2-37H2,1H3. The predicted octanol–water partition coefficient (Wildman–Crippen LogP) is 15.1. The second-order valence-corrected chi connectivity index (χ2v) is 13.5. The smallest absolute Gasteiger partial charge is 0.00313 e. The van der Waals surface area contributed by atoms with Gasteiger partial charge >= 0.3 is 0 Å². The quantitative estimate of drug-likeness (QED) is 0.0502. The molecule has 0 saturated heterocycles. The molecule has 0 aromatic rings. The van der Waals surface area contributed by atoms with E-state index in [0.717, 1.165) is 0 Å². The highest BCUT2D eigenvalue weighted by Gasteiger charge is 1.97. The first-order valence-corrected chi connectivity index (χ1v) is 19.6. The second kappa shape index (κ2) is 37.5. The number of unbranched alkanes of at least 4 members (excludes halogenated alkanes) is 34. The highest BCUT2D eigenvalue weighted by atomic mass is 79.9. The van der Waals surface area contributed by atoms with Gasteiger partial charge in [-0.2, -0.15) is 0 Å². The van der Waals surface area contributed by atoms with Crippen LogP contribution >= 0.6 is 15.9 Å². The predicted molar refractivity (Wildman–Crippen MR) is 181 cm³/mol. The number of hydrogen-bond donors (Lipinski definition) is 0. The summed E-state index contributed by atoms with van der Waals surface area (Å²) in [6, 6.07) is 0. The van der Waals surface area contributed by atoms with Crippen molar-refractivity contribution in [1.29, 1.82) is 0 Å². The largest absolute Gasteiger partial charge is 0.0928 e. The van der Waals surface area contributed by atoms with E-state index in [4.69, 9.17) is 0 Å². The van der Waals surface area contributed by atoms with E-state index in [-0.39, 0.29) is 0 Å². The molecule has 0 nitrogen and oxygen atoms in total. The van der Waals surface area contributed by atoms with Crippen molar-refractivity contribution in [1.82, 2.24) is 0 Å². The molecule has 0 N–H and O–H groups in total. The van der Waals surface area contributed by atoms with Crippen LogP contribution in [0.2, 0.25) is 0 Å². The molecule has 0 aliphatic heterocycles. The third-order valence-corrected chi connectivity index (χ3v) is 9.30. The maximum absolute atomic E-state index is 3.52. The number of hydrogen-bond acceptors (Lipinski definition) is 0. The Kier molecular flexibility index (Phi) is 38.0. The summed E-state index contributed by atoms with van der Waals surface area (Å²) in [6.07, 6.45) is 51.7. The minimum Gasteiger partial charge on any atom is -0.0928 e. The lowest BCUT2D eigenvalue weighted by atomic mass is 10.0. The lowest BCUT2D eigenvalue weighted by molar-refractivity contribution is 0.511. The molecule has 0 fully saturated rings. The van der Waals surface area contributed by atoms with Crippen LogP contribution in [-0.2, 0) is 0 Å². The Morgan fingerprint density at radius 3 is 0.474 bits per heavy atom. The molecule has 1 heteroatoms. The third kappa shape index (κ3) is 36.5. The Labute approximate surface area is 252 Å². The lowest BCUT2D eigenvalue weighted by Crippen LogP contribution is -1.85. The van der Waals surface area contributed by atoms with Crippen molar-refractivity contribution in [3.05, 3.63) is 0 Å². The molecule has 0 aliphatic carbocycles. The van der Waals surface area contributed by atoms with E-state index in [1.807, 2.05) is 0 Å². The molecule has 0 radical (unpaired) electrons. The van der Waals surface area contributed by atoms with Gasteiger partial charge in [-0.1, -0.05) is 241 Å². The second-order valence-electron chi connectivity index (χ2n) is 12.7. The van der Waals surface area contributed by atoms with E-state index in [2.05, 4.69) is 22.9 Å². The highest BCUT2D eigenvalue weighted by molar-refractivity contribution is 9.09. The topological polar surface area (TPSA) is 0 Å². The van der Waals surface area contributed by atoms with Crippen molar-refractivity contribution >= 4 is 15.9 Å². The van der Waals surface area contributed by atoms with Gasteiger partial charge in [0.2, 0.25) is 0 Å². The Morgan fingerprint density at radius 2 is 0.342 bits per heavy atom. The van der Waals surface area contributed by atoms with Crippen LogP contribution in [0.1, 0.15) is 232 Å². The summed E-state index contributed by atoms with van der Waals surface area (Å²) in [5, 5.41) is 1.19. The van der Waals surface area contributed by atoms with Gasteiger partial charge in [-0.05, 0) is 6.42 Å². The molecule has 0 bridgehead atoms. The van der Waals surface area contributed by atoms with Crippen LogP contribution in [0.15, 0.2) is 0 Å². The van der Waals surface area contributed by atoms with Crippen LogP contribution < -0.4 is 0 Å². The third-order valence-electron chi connectivity index (χ3n) is 8.74. The van der Waals surface area contributed by atoms with Crippen LogP contribution in [0.4, 0.5) is 0 Å². The zero-order valence-corrected chi connectivity index (χ0v) is 28.4. The molecular weight excluding hydrogens is 524 g/mol. The summed E-state index contributed by atoms with van der Waals surface area (Å²) < 4.78 is 0. The van der Waals surface area contributed by atoms with E-state index in [1.165, 1.54) is 230 Å². The van der Waals surface area contributed by atoms with Gasteiger partial charge in [0.05, 0.1) is 0 Å². The highest BCUT2D eigenvalue weighted by Crippen LogP contribution is 2.17.